The minimum atomic E-state index is 0.156. The largest absolute Gasteiger partial charge is 0.329 e. The molecule has 3 atom stereocenters. The van der Waals surface area contributed by atoms with Gasteiger partial charge in [0.2, 0.25) is 0 Å². The highest BCUT2D eigenvalue weighted by molar-refractivity contribution is 6.42. The number of hydrogen-bond donors (Lipinski definition) is 1. The van der Waals surface area contributed by atoms with Crippen LogP contribution >= 0.6 is 23.2 Å². The first-order valence-electron chi connectivity index (χ1n) is 7.71. The van der Waals surface area contributed by atoms with Gasteiger partial charge < -0.3 is 5.73 Å². The molecule has 2 fully saturated rings. The fraction of sp³-hybridized carbons (Fsp3) is 0.625. The van der Waals surface area contributed by atoms with Gasteiger partial charge in [0.25, 0.3) is 0 Å². The average Bonchev–Trinajstić information content (AvgIpc) is 2.71. The Kier molecular flexibility index (Phi) is 4.77. The molecule has 0 aliphatic carbocycles. The molecular formula is C16H23Cl2N3. The number of nitrogens with two attached hydrogens (primary N) is 1. The lowest BCUT2D eigenvalue weighted by Crippen LogP contribution is -2.40. The van der Waals surface area contributed by atoms with Gasteiger partial charge in [0.05, 0.1) is 10.0 Å². The summed E-state index contributed by atoms with van der Waals surface area (Å²) in [5.74, 6) is 0. The smallest absolute Gasteiger partial charge is 0.0640 e. The molecule has 2 aliphatic heterocycles. The maximum Gasteiger partial charge on any atom is 0.0640 e. The number of halogens is 2. The van der Waals surface area contributed by atoms with E-state index in [1.807, 2.05) is 12.1 Å². The fourth-order valence-electron chi connectivity index (χ4n) is 3.87. The Morgan fingerprint density at radius 1 is 1.24 bits per heavy atom. The molecule has 3 nitrogen and oxygen atoms in total. The normalized spacial score (nSPS) is 28.6. The highest BCUT2D eigenvalue weighted by Crippen LogP contribution is 2.36. The summed E-state index contributed by atoms with van der Waals surface area (Å²) in [4.78, 5) is 5.05. The second kappa shape index (κ2) is 6.43. The van der Waals surface area contributed by atoms with Crippen LogP contribution in [-0.2, 0) is 0 Å². The lowest BCUT2D eigenvalue weighted by molar-refractivity contribution is 0.175. The number of rotatable bonds is 3. The monoisotopic (exact) mass is 327 g/mol. The summed E-state index contributed by atoms with van der Waals surface area (Å²) in [6.45, 7) is 2.72. The van der Waals surface area contributed by atoms with Crippen molar-refractivity contribution in [3.63, 3.8) is 0 Å². The summed E-state index contributed by atoms with van der Waals surface area (Å²) >= 11 is 12.6. The van der Waals surface area contributed by atoms with Crippen LogP contribution in [-0.4, -0.2) is 48.6 Å². The first-order chi connectivity index (χ1) is 10.1. The summed E-state index contributed by atoms with van der Waals surface area (Å²) in [5, 5.41) is 1.26. The van der Waals surface area contributed by atoms with Gasteiger partial charge >= 0.3 is 0 Å². The molecule has 2 aliphatic rings. The maximum absolute atomic E-state index is 6.41. The van der Waals surface area contributed by atoms with Crippen molar-refractivity contribution in [3.05, 3.63) is 33.8 Å². The first-order valence-corrected chi connectivity index (χ1v) is 8.47. The summed E-state index contributed by atoms with van der Waals surface area (Å²) in [6, 6.07) is 7.38. The molecule has 0 amide bonds. The Hall–Kier alpha value is -0.320. The molecule has 0 spiro atoms. The Bertz CT molecular complexity index is 508. The van der Waals surface area contributed by atoms with Crippen molar-refractivity contribution in [1.82, 2.24) is 9.80 Å². The van der Waals surface area contributed by atoms with E-state index in [0.717, 1.165) is 24.7 Å². The van der Waals surface area contributed by atoms with Crippen LogP contribution in [0.2, 0.25) is 10.0 Å². The van der Waals surface area contributed by atoms with Crippen LogP contribution in [0.1, 0.15) is 30.9 Å². The lowest BCUT2D eigenvalue weighted by Gasteiger charge is -2.33. The van der Waals surface area contributed by atoms with Crippen LogP contribution < -0.4 is 5.73 Å². The highest BCUT2D eigenvalue weighted by Gasteiger charge is 2.36. The molecule has 3 unspecified atom stereocenters. The summed E-state index contributed by atoms with van der Waals surface area (Å²) < 4.78 is 0. The molecule has 2 heterocycles. The van der Waals surface area contributed by atoms with Crippen LogP contribution in [0.5, 0.6) is 0 Å². The van der Waals surface area contributed by atoms with Gasteiger partial charge in [-0.05, 0) is 37.9 Å². The van der Waals surface area contributed by atoms with E-state index in [-0.39, 0.29) is 6.04 Å². The van der Waals surface area contributed by atoms with Gasteiger partial charge in [0.15, 0.2) is 0 Å². The molecule has 1 aromatic rings. The van der Waals surface area contributed by atoms with Crippen molar-refractivity contribution in [2.24, 2.45) is 5.73 Å². The lowest BCUT2D eigenvalue weighted by atomic mass is 10.0. The van der Waals surface area contributed by atoms with Gasteiger partial charge in [-0.3, -0.25) is 9.80 Å². The van der Waals surface area contributed by atoms with E-state index in [9.17, 15) is 0 Å². The molecule has 0 saturated carbocycles. The summed E-state index contributed by atoms with van der Waals surface area (Å²) in [7, 11) is 2.26. The van der Waals surface area contributed by atoms with Crippen LogP contribution in [0.4, 0.5) is 0 Å². The predicted octanol–water partition coefficient (Wildman–Crippen LogP) is 3.16. The summed E-state index contributed by atoms with van der Waals surface area (Å²) in [6.07, 6.45) is 3.83. The van der Waals surface area contributed by atoms with Crippen molar-refractivity contribution in [2.75, 3.05) is 26.7 Å². The number of nitrogens with zero attached hydrogens (tertiary/aromatic N) is 2. The third-order valence-corrected chi connectivity index (χ3v) is 6.02. The van der Waals surface area contributed by atoms with E-state index in [0.29, 0.717) is 22.6 Å². The van der Waals surface area contributed by atoms with Gasteiger partial charge in [-0.25, -0.2) is 0 Å². The molecule has 116 valence electrons. The molecule has 0 aromatic heterocycles. The first kappa shape index (κ1) is 15.6. The standard InChI is InChI=1S/C16H23Cl2N3/c1-20-11-5-6-12(20)10-21(8-7-11)15(9-19)13-3-2-4-14(17)16(13)18/h2-4,11-12,15H,5-10,19H2,1H3. The van der Waals surface area contributed by atoms with E-state index in [4.69, 9.17) is 28.9 Å². The Labute approximate surface area is 137 Å². The fourth-order valence-corrected chi connectivity index (χ4v) is 4.30. The number of likely N-dealkylation sites (N-methyl/N-ethyl adjacent to an activating group) is 1. The van der Waals surface area contributed by atoms with E-state index in [1.165, 1.54) is 19.3 Å². The van der Waals surface area contributed by atoms with Gasteiger partial charge in [-0.15, -0.1) is 0 Å². The van der Waals surface area contributed by atoms with Crippen molar-refractivity contribution >= 4 is 23.2 Å². The van der Waals surface area contributed by atoms with E-state index in [1.54, 1.807) is 0 Å². The van der Waals surface area contributed by atoms with E-state index < -0.39 is 0 Å². The number of hydrogen-bond acceptors (Lipinski definition) is 3. The molecular weight excluding hydrogens is 305 g/mol. The van der Waals surface area contributed by atoms with E-state index >= 15 is 0 Å². The second-order valence-corrected chi connectivity index (χ2v) is 7.01. The molecule has 2 N–H and O–H groups in total. The maximum atomic E-state index is 6.41. The quantitative estimate of drug-likeness (QED) is 0.925. The van der Waals surface area contributed by atoms with Gasteiger partial charge in [0, 0.05) is 37.8 Å². The third-order valence-electron chi connectivity index (χ3n) is 5.18. The van der Waals surface area contributed by atoms with E-state index in [2.05, 4.69) is 22.9 Å². The Morgan fingerprint density at radius 3 is 2.76 bits per heavy atom. The van der Waals surface area contributed by atoms with Crippen molar-refractivity contribution in [3.8, 4) is 0 Å². The number of likely N-dealkylation sites (tertiary alicyclic amines) is 1. The zero-order chi connectivity index (χ0) is 15.0. The van der Waals surface area contributed by atoms with Crippen molar-refractivity contribution in [1.29, 1.82) is 0 Å². The molecule has 3 rings (SSSR count). The number of benzene rings is 1. The zero-order valence-electron chi connectivity index (χ0n) is 12.4. The SMILES string of the molecule is CN1C2CCC1CN(C(CN)c1cccc(Cl)c1Cl)CC2. The molecule has 1 aromatic carbocycles. The number of fused-ring (bicyclic) bond motifs is 2. The average molecular weight is 328 g/mol. The summed E-state index contributed by atoms with van der Waals surface area (Å²) in [5.41, 5.74) is 7.14. The molecule has 2 bridgehead atoms. The molecule has 21 heavy (non-hydrogen) atoms. The third kappa shape index (κ3) is 2.95. The van der Waals surface area contributed by atoms with Gasteiger partial charge in [-0.2, -0.15) is 0 Å². The Morgan fingerprint density at radius 2 is 2.00 bits per heavy atom. The Balaban J connectivity index is 1.85. The van der Waals surface area contributed by atoms with Gasteiger partial charge in [0.1, 0.15) is 0 Å². The second-order valence-electron chi connectivity index (χ2n) is 6.23. The van der Waals surface area contributed by atoms with Crippen LogP contribution in [0.25, 0.3) is 0 Å². The van der Waals surface area contributed by atoms with Crippen molar-refractivity contribution in [2.45, 2.75) is 37.4 Å². The molecule has 2 saturated heterocycles. The van der Waals surface area contributed by atoms with Crippen LogP contribution in [0.15, 0.2) is 18.2 Å². The zero-order valence-corrected chi connectivity index (χ0v) is 13.9. The molecule has 0 radical (unpaired) electrons. The highest BCUT2D eigenvalue weighted by atomic mass is 35.5. The van der Waals surface area contributed by atoms with Crippen molar-refractivity contribution < 1.29 is 0 Å². The van der Waals surface area contributed by atoms with Crippen LogP contribution in [0, 0.1) is 0 Å². The van der Waals surface area contributed by atoms with Gasteiger partial charge in [-0.1, -0.05) is 35.3 Å². The minimum Gasteiger partial charge on any atom is -0.329 e. The minimum absolute atomic E-state index is 0.156. The predicted molar refractivity (Wildman–Crippen MR) is 89.0 cm³/mol. The molecule has 5 heteroatoms. The van der Waals surface area contributed by atoms with Crippen LogP contribution in [0.3, 0.4) is 0 Å². The topological polar surface area (TPSA) is 32.5 Å².